The van der Waals surface area contributed by atoms with Crippen molar-refractivity contribution in [2.45, 2.75) is 6.42 Å². The van der Waals surface area contributed by atoms with Crippen LogP contribution < -0.4 is 11.3 Å². The predicted molar refractivity (Wildman–Crippen MR) is 68.3 cm³/mol. The Kier molecular flexibility index (Phi) is 3.17. The van der Waals surface area contributed by atoms with Gasteiger partial charge in [0.05, 0.1) is 0 Å². The van der Waals surface area contributed by atoms with Crippen LogP contribution in [0.1, 0.15) is 5.56 Å². The van der Waals surface area contributed by atoms with Gasteiger partial charge in [-0.25, -0.2) is 5.84 Å². The Bertz CT molecular complexity index is 512. The number of benzene rings is 2. The van der Waals surface area contributed by atoms with Gasteiger partial charge in [0.1, 0.15) is 5.84 Å². The lowest BCUT2D eigenvalue weighted by Gasteiger charge is -2.08. The second-order valence-corrected chi connectivity index (χ2v) is 3.63. The van der Waals surface area contributed by atoms with E-state index in [9.17, 15) is 0 Å². The fourth-order valence-electron chi connectivity index (χ4n) is 1.82. The number of nitrogens with one attached hydrogen (secondary N) is 1. The van der Waals surface area contributed by atoms with E-state index in [-0.39, 0.29) is 0 Å². The Labute approximate surface area is 95.0 Å². The Morgan fingerprint density at radius 1 is 1.19 bits per heavy atom. The van der Waals surface area contributed by atoms with E-state index in [1.54, 1.807) is 7.05 Å². The molecule has 3 nitrogen and oxygen atoms in total. The first-order valence-corrected chi connectivity index (χ1v) is 5.24. The minimum Gasteiger partial charge on any atom is -0.312 e. The zero-order valence-electron chi connectivity index (χ0n) is 9.27. The van der Waals surface area contributed by atoms with Crippen molar-refractivity contribution in [3.8, 4) is 0 Å². The third-order valence-corrected chi connectivity index (χ3v) is 2.67. The van der Waals surface area contributed by atoms with Crippen LogP contribution in [0.15, 0.2) is 47.5 Å². The second kappa shape index (κ2) is 4.77. The Balaban J connectivity index is 2.44. The smallest absolute Gasteiger partial charge is 0.114 e. The first-order valence-electron chi connectivity index (χ1n) is 5.24. The summed E-state index contributed by atoms with van der Waals surface area (Å²) >= 11 is 0. The fraction of sp³-hybridized carbons (Fsp3) is 0.154. The summed E-state index contributed by atoms with van der Waals surface area (Å²) in [7, 11) is 1.74. The molecular formula is C13H15N3. The number of aliphatic imine (C=N–C) groups is 1. The first-order chi connectivity index (χ1) is 7.85. The van der Waals surface area contributed by atoms with Crippen LogP contribution in [0.2, 0.25) is 0 Å². The standard InChI is InChI=1S/C13H15N3/c1-15-13(16-14)9-11-7-4-6-10-5-2-3-8-12(10)11/h2-8H,9,14H2,1H3,(H,15,16). The van der Waals surface area contributed by atoms with E-state index in [1.807, 2.05) is 12.1 Å². The lowest BCUT2D eigenvalue weighted by molar-refractivity contribution is 0.983. The highest BCUT2D eigenvalue weighted by Gasteiger charge is 2.03. The van der Waals surface area contributed by atoms with Gasteiger partial charge in [0.25, 0.3) is 0 Å². The molecule has 82 valence electrons. The minimum absolute atomic E-state index is 0.731. The summed E-state index contributed by atoms with van der Waals surface area (Å²) in [5, 5.41) is 2.49. The van der Waals surface area contributed by atoms with Crippen molar-refractivity contribution in [1.82, 2.24) is 5.43 Å². The molecule has 0 spiro atoms. The van der Waals surface area contributed by atoms with E-state index in [4.69, 9.17) is 5.84 Å². The van der Waals surface area contributed by atoms with Gasteiger partial charge in [0.15, 0.2) is 0 Å². The summed E-state index contributed by atoms with van der Waals surface area (Å²) in [6.45, 7) is 0. The number of amidine groups is 1. The average Bonchev–Trinajstić information content (AvgIpc) is 2.36. The third kappa shape index (κ3) is 2.04. The number of nitrogens with zero attached hydrogens (tertiary/aromatic N) is 1. The number of hydrogen-bond acceptors (Lipinski definition) is 2. The Morgan fingerprint density at radius 3 is 2.69 bits per heavy atom. The van der Waals surface area contributed by atoms with Gasteiger partial charge in [-0.2, -0.15) is 0 Å². The molecule has 0 unspecified atom stereocenters. The van der Waals surface area contributed by atoms with Gasteiger partial charge in [-0.1, -0.05) is 42.5 Å². The fourth-order valence-corrected chi connectivity index (χ4v) is 1.82. The third-order valence-electron chi connectivity index (χ3n) is 2.67. The van der Waals surface area contributed by atoms with Crippen LogP contribution in [0.25, 0.3) is 10.8 Å². The maximum Gasteiger partial charge on any atom is 0.114 e. The van der Waals surface area contributed by atoms with Gasteiger partial charge >= 0.3 is 0 Å². The van der Waals surface area contributed by atoms with Crippen molar-refractivity contribution in [2.75, 3.05) is 7.05 Å². The summed E-state index contributed by atoms with van der Waals surface area (Å²) in [6, 6.07) is 14.6. The highest BCUT2D eigenvalue weighted by molar-refractivity contribution is 5.91. The molecule has 2 aromatic rings. The largest absolute Gasteiger partial charge is 0.312 e. The highest BCUT2D eigenvalue weighted by Crippen LogP contribution is 2.18. The molecule has 16 heavy (non-hydrogen) atoms. The molecule has 3 heteroatoms. The van der Waals surface area contributed by atoms with Gasteiger partial charge < -0.3 is 5.43 Å². The molecule has 0 saturated heterocycles. The lowest BCUT2D eigenvalue weighted by atomic mass is 10.0. The summed E-state index contributed by atoms with van der Waals surface area (Å²) in [5.74, 6) is 6.18. The van der Waals surface area contributed by atoms with Gasteiger partial charge in [-0.3, -0.25) is 4.99 Å². The molecule has 0 aliphatic rings. The van der Waals surface area contributed by atoms with Crippen LogP contribution in [0.5, 0.6) is 0 Å². The molecule has 3 N–H and O–H groups in total. The van der Waals surface area contributed by atoms with E-state index in [0.29, 0.717) is 0 Å². The molecule has 0 bridgehead atoms. The molecule has 0 fully saturated rings. The molecule has 0 aromatic heterocycles. The summed E-state index contributed by atoms with van der Waals surface area (Å²) in [6.07, 6.45) is 0.731. The van der Waals surface area contributed by atoms with Gasteiger partial charge in [-0.15, -0.1) is 0 Å². The molecule has 0 amide bonds. The molecule has 0 heterocycles. The van der Waals surface area contributed by atoms with Crippen molar-refractivity contribution in [1.29, 1.82) is 0 Å². The van der Waals surface area contributed by atoms with Crippen molar-refractivity contribution in [3.63, 3.8) is 0 Å². The maximum atomic E-state index is 5.39. The topological polar surface area (TPSA) is 50.4 Å². The number of hydrazine groups is 1. The summed E-state index contributed by atoms with van der Waals surface area (Å²) in [4.78, 5) is 4.09. The zero-order valence-corrected chi connectivity index (χ0v) is 9.27. The minimum atomic E-state index is 0.731. The molecule has 0 atom stereocenters. The van der Waals surface area contributed by atoms with E-state index < -0.39 is 0 Å². The van der Waals surface area contributed by atoms with Crippen molar-refractivity contribution in [2.24, 2.45) is 10.8 Å². The second-order valence-electron chi connectivity index (χ2n) is 3.63. The van der Waals surface area contributed by atoms with Crippen LogP contribution >= 0.6 is 0 Å². The molecule has 0 aliphatic carbocycles. The van der Waals surface area contributed by atoms with E-state index >= 15 is 0 Å². The van der Waals surface area contributed by atoms with E-state index in [0.717, 1.165) is 12.3 Å². The zero-order chi connectivity index (χ0) is 11.4. The molecule has 0 radical (unpaired) electrons. The number of rotatable bonds is 2. The summed E-state index contributed by atoms with van der Waals surface area (Å²) < 4.78 is 0. The van der Waals surface area contributed by atoms with Crippen LogP contribution in [0, 0.1) is 0 Å². The highest BCUT2D eigenvalue weighted by atomic mass is 15.2. The lowest BCUT2D eigenvalue weighted by Crippen LogP contribution is -2.31. The van der Waals surface area contributed by atoms with Gasteiger partial charge in [-0.05, 0) is 16.3 Å². The molecule has 2 rings (SSSR count). The first kappa shape index (κ1) is 10.6. The maximum absolute atomic E-state index is 5.39. The monoisotopic (exact) mass is 213 g/mol. The predicted octanol–water partition coefficient (Wildman–Crippen LogP) is 1.87. The Hall–Kier alpha value is -1.87. The summed E-state index contributed by atoms with van der Waals surface area (Å²) in [5.41, 5.74) is 3.85. The molecule has 0 aliphatic heterocycles. The van der Waals surface area contributed by atoms with E-state index in [1.165, 1.54) is 16.3 Å². The Morgan fingerprint density at radius 2 is 1.94 bits per heavy atom. The SMILES string of the molecule is CN=C(Cc1cccc2ccccc12)NN. The van der Waals surface area contributed by atoms with E-state index in [2.05, 4.69) is 40.8 Å². The molecular weight excluding hydrogens is 198 g/mol. The number of hydrogen-bond donors (Lipinski definition) is 2. The molecule has 2 aromatic carbocycles. The molecule has 0 saturated carbocycles. The van der Waals surface area contributed by atoms with Crippen molar-refractivity contribution in [3.05, 3.63) is 48.0 Å². The van der Waals surface area contributed by atoms with Crippen molar-refractivity contribution >= 4 is 16.6 Å². The van der Waals surface area contributed by atoms with Crippen LogP contribution in [0.3, 0.4) is 0 Å². The number of fused-ring (bicyclic) bond motifs is 1. The van der Waals surface area contributed by atoms with Gasteiger partial charge in [0.2, 0.25) is 0 Å². The van der Waals surface area contributed by atoms with Crippen LogP contribution in [-0.4, -0.2) is 12.9 Å². The van der Waals surface area contributed by atoms with Crippen LogP contribution in [-0.2, 0) is 6.42 Å². The normalized spacial score (nSPS) is 11.8. The van der Waals surface area contributed by atoms with Crippen molar-refractivity contribution < 1.29 is 0 Å². The number of nitrogens with two attached hydrogens (primary N) is 1. The average molecular weight is 213 g/mol. The quantitative estimate of drug-likeness (QED) is 0.346. The van der Waals surface area contributed by atoms with Crippen LogP contribution in [0.4, 0.5) is 0 Å². The van der Waals surface area contributed by atoms with Gasteiger partial charge in [0, 0.05) is 13.5 Å².